The zero-order valence-corrected chi connectivity index (χ0v) is 18.0. The number of carbonyl (C=O) groups is 2. The van der Waals surface area contributed by atoms with Crippen molar-refractivity contribution in [3.63, 3.8) is 0 Å². The van der Waals surface area contributed by atoms with E-state index >= 15 is 0 Å². The summed E-state index contributed by atoms with van der Waals surface area (Å²) in [5.74, 6) is -0.0167. The summed E-state index contributed by atoms with van der Waals surface area (Å²) in [6.45, 7) is 1.42. The molecule has 0 spiro atoms. The van der Waals surface area contributed by atoms with Gasteiger partial charge in [-0.25, -0.2) is 0 Å². The number of benzene rings is 1. The van der Waals surface area contributed by atoms with E-state index in [4.69, 9.17) is 16.6 Å². The maximum absolute atomic E-state index is 12.8. The van der Waals surface area contributed by atoms with Gasteiger partial charge in [0.05, 0.1) is 23.8 Å². The summed E-state index contributed by atoms with van der Waals surface area (Å²) < 4.78 is 5.53. The van der Waals surface area contributed by atoms with Gasteiger partial charge in [0.2, 0.25) is 5.91 Å². The molecule has 2 heterocycles. The Hall–Kier alpha value is -2.68. The number of allylic oxidation sites excluding steroid dienone is 2. The molecule has 2 unspecified atom stereocenters. The number of thiocarbonyl (C=S) groups is 1. The first kappa shape index (κ1) is 22.0. The number of nitrogens with zero attached hydrogens (tertiary/aromatic N) is 1. The molecule has 1 fully saturated rings. The van der Waals surface area contributed by atoms with E-state index in [1.54, 1.807) is 43.5 Å². The van der Waals surface area contributed by atoms with Crippen LogP contribution in [0.4, 0.5) is 0 Å². The van der Waals surface area contributed by atoms with E-state index in [1.165, 1.54) is 4.90 Å². The fourth-order valence-electron chi connectivity index (χ4n) is 2.94. The Kier molecular flexibility index (Phi) is 7.62. The molecule has 1 aromatic heterocycles. The van der Waals surface area contributed by atoms with Crippen molar-refractivity contribution >= 4 is 46.2 Å². The van der Waals surface area contributed by atoms with Crippen LogP contribution in [0.25, 0.3) is 6.08 Å². The Morgan fingerprint density at radius 3 is 2.73 bits per heavy atom. The van der Waals surface area contributed by atoms with Gasteiger partial charge in [-0.2, -0.15) is 0 Å². The summed E-state index contributed by atoms with van der Waals surface area (Å²) in [6.07, 6.45) is 7.15. The zero-order valence-electron chi connectivity index (χ0n) is 16.4. The van der Waals surface area contributed by atoms with E-state index in [9.17, 15) is 14.7 Å². The van der Waals surface area contributed by atoms with Gasteiger partial charge in [-0.05, 0) is 43.2 Å². The molecule has 6 nitrogen and oxygen atoms in total. The van der Waals surface area contributed by atoms with Crippen molar-refractivity contribution in [1.82, 2.24) is 10.2 Å². The number of hydrogen-bond donors (Lipinski definition) is 2. The average Bonchev–Trinajstić information content (AvgIpc) is 3.35. The van der Waals surface area contributed by atoms with Crippen molar-refractivity contribution in [1.29, 1.82) is 0 Å². The molecule has 0 bridgehead atoms. The minimum atomic E-state index is -0.790. The number of furan rings is 1. The van der Waals surface area contributed by atoms with E-state index in [1.807, 2.05) is 30.3 Å². The summed E-state index contributed by atoms with van der Waals surface area (Å²) >= 11 is 6.47. The highest BCUT2D eigenvalue weighted by molar-refractivity contribution is 8.26. The van der Waals surface area contributed by atoms with Gasteiger partial charge in [0, 0.05) is 0 Å². The summed E-state index contributed by atoms with van der Waals surface area (Å²) in [4.78, 5) is 27.2. The molecule has 1 saturated heterocycles. The van der Waals surface area contributed by atoms with Crippen molar-refractivity contribution < 1.29 is 19.1 Å². The van der Waals surface area contributed by atoms with Gasteiger partial charge >= 0.3 is 0 Å². The quantitative estimate of drug-likeness (QED) is 0.483. The fraction of sp³-hybridized carbons (Fsp3) is 0.227. The second-order valence-corrected chi connectivity index (χ2v) is 8.38. The van der Waals surface area contributed by atoms with Crippen LogP contribution in [0.1, 0.15) is 18.2 Å². The van der Waals surface area contributed by atoms with Gasteiger partial charge in [0.15, 0.2) is 0 Å². The van der Waals surface area contributed by atoms with E-state index in [2.05, 4.69) is 5.32 Å². The number of rotatable bonds is 8. The molecule has 1 aromatic carbocycles. The Bertz CT molecular complexity index is 955. The molecule has 2 amide bonds. The van der Waals surface area contributed by atoms with Gasteiger partial charge in [-0.3, -0.25) is 14.5 Å². The van der Waals surface area contributed by atoms with Crippen LogP contribution in [0.2, 0.25) is 0 Å². The van der Waals surface area contributed by atoms with Crippen LogP contribution in [0.15, 0.2) is 70.2 Å². The second kappa shape index (κ2) is 10.4. The maximum atomic E-state index is 12.8. The molecule has 0 radical (unpaired) electrons. The van der Waals surface area contributed by atoms with Crippen LogP contribution in [-0.4, -0.2) is 44.8 Å². The molecule has 8 heteroatoms. The number of nitrogens with one attached hydrogen (secondary N) is 1. The summed E-state index contributed by atoms with van der Waals surface area (Å²) in [5.41, 5.74) is 1.00. The van der Waals surface area contributed by atoms with Crippen LogP contribution in [0.5, 0.6) is 0 Å². The first-order chi connectivity index (χ1) is 14.5. The lowest BCUT2D eigenvalue weighted by Gasteiger charge is -2.25. The molecule has 30 heavy (non-hydrogen) atoms. The van der Waals surface area contributed by atoms with Crippen LogP contribution in [0.3, 0.4) is 0 Å². The van der Waals surface area contributed by atoms with E-state index in [0.29, 0.717) is 21.4 Å². The second-order valence-electron chi connectivity index (χ2n) is 6.70. The molecule has 0 aliphatic carbocycles. The topological polar surface area (TPSA) is 82.8 Å². The third-order valence-electron chi connectivity index (χ3n) is 4.53. The van der Waals surface area contributed by atoms with Gasteiger partial charge in [-0.1, -0.05) is 60.4 Å². The molecule has 2 aromatic rings. The SMILES string of the molecule is CC(C(=O)NC(CO)Cc1ccccc1)N1C(=O)C(=CC=Cc2ccco2)SC1=S. The first-order valence-corrected chi connectivity index (χ1v) is 10.6. The largest absolute Gasteiger partial charge is 0.465 e. The van der Waals surface area contributed by atoms with E-state index in [0.717, 1.165) is 17.3 Å². The lowest BCUT2D eigenvalue weighted by Crippen LogP contribution is -2.51. The minimum absolute atomic E-state index is 0.205. The normalized spacial score (nSPS) is 17.7. The van der Waals surface area contributed by atoms with E-state index < -0.39 is 12.1 Å². The number of aliphatic hydroxyl groups is 1. The highest BCUT2D eigenvalue weighted by Gasteiger charge is 2.38. The highest BCUT2D eigenvalue weighted by atomic mass is 32.2. The smallest absolute Gasteiger partial charge is 0.266 e. The Morgan fingerprint density at radius 2 is 2.07 bits per heavy atom. The molecule has 3 rings (SSSR count). The Labute approximate surface area is 184 Å². The maximum Gasteiger partial charge on any atom is 0.266 e. The van der Waals surface area contributed by atoms with Gasteiger partial charge < -0.3 is 14.8 Å². The van der Waals surface area contributed by atoms with Crippen molar-refractivity contribution in [2.24, 2.45) is 0 Å². The predicted molar refractivity (Wildman–Crippen MR) is 121 cm³/mol. The van der Waals surface area contributed by atoms with E-state index in [-0.39, 0.29) is 18.4 Å². The zero-order chi connectivity index (χ0) is 21.5. The van der Waals surface area contributed by atoms with Crippen LogP contribution in [-0.2, 0) is 16.0 Å². The monoisotopic (exact) mass is 442 g/mol. The van der Waals surface area contributed by atoms with Crippen molar-refractivity contribution in [3.8, 4) is 0 Å². The molecular formula is C22H22N2O4S2. The lowest BCUT2D eigenvalue weighted by atomic mass is 10.1. The van der Waals surface area contributed by atoms with Crippen LogP contribution in [0, 0.1) is 0 Å². The van der Waals surface area contributed by atoms with Crippen LogP contribution < -0.4 is 5.32 Å². The summed E-state index contributed by atoms with van der Waals surface area (Å²) in [7, 11) is 0. The van der Waals surface area contributed by atoms with Crippen molar-refractivity contribution in [2.45, 2.75) is 25.4 Å². The predicted octanol–water partition coefficient (Wildman–Crippen LogP) is 3.15. The number of carbonyl (C=O) groups excluding carboxylic acids is 2. The Morgan fingerprint density at radius 1 is 1.30 bits per heavy atom. The van der Waals surface area contributed by atoms with Gasteiger partial charge in [-0.15, -0.1) is 0 Å². The molecule has 2 N–H and O–H groups in total. The van der Waals surface area contributed by atoms with Crippen LogP contribution >= 0.6 is 24.0 Å². The summed E-state index contributed by atoms with van der Waals surface area (Å²) in [6, 6.07) is 11.9. The minimum Gasteiger partial charge on any atom is -0.465 e. The fourth-order valence-corrected chi connectivity index (χ4v) is 4.31. The lowest BCUT2D eigenvalue weighted by molar-refractivity contribution is -0.132. The molecule has 1 aliphatic rings. The van der Waals surface area contributed by atoms with Crippen molar-refractivity contribution in [2.75, 3.05) is 6.61 Å². The number of hydrogen-bond acceptors (Lipinski definition) is 6. The number of thioether (sulfide) groups is 1. The molecule has 1 aliphatic heterocycles. The molecule has 0 saturated carbocycles. The van der Waals surface area contributed by atoms with Crippen molar-refractivity contribution in [3.05, 3.63) is 77.1 Å². The van der Waals surface area contributed by atoms with Gasteiger partial charge in [0.1, 0.15) is 16.1 Å². The standard InChI is InChI=1S/C22H22N2O4S2/c1-15(20(26)23-17(14-25)13-16-7-3-2-4-8-16)24-21(27)19(30-22(24)29)11-5-9-18-10-6-12-28-18/h2-12,15,17,25H,13-14H2,1H3,(H,23,26). The molecule has 156 valence electrons. The highest BCUT2D eigenvalue weighted by Crippen LogP contribution is 2.32. The third-order valence-corrected chi connectivity index (χ3v) is 5.88. The molecule has 2 atom stereocenters. The Balaban J connectivity index is 1.63. The third kappa shape index (κ3) is 5.47. The first-order valence-electron chi connectivity index (χ1n) is 9.42. The average molecular weight is 443 g/mol. The number of aliphatic hydroxyl groups excluding tert-OH is 1. The van der Waals surface area contributed by atoms with Gasteiger partial charge in [0.25, 0.3) is 5.91 Å². The number of amides is 2. The summed E-state index contributed by atoms with van der Waals surface area (Å²) in [5, 5.41) is 12.5. The molecular weight excluding hydrogens is 420 g/mol.